The lowest BCUT2D eigenvalue weighted by molar-refractivity contribution is 0.276. The summed E-state index contributed by atoms with van der Waals surface area (Å²) in [7, 11) is 1.67. The molecule has 1 aliphatic rings. The molecule has 1 unspecified atom stereocenters. The van der Waals surface area contributed by atoms with E-state index in [-0.39, 0.29) is 18.6 Å². The first-order chi connectivity index (χ1) is 16.6. The van der Waals surface area contributed by atoms with Gasteiger partial charge in [0.05, 0.1) is 19.9 Å². The smallest absolute Gasteiger partial charge is 0.222 e. The van der Waals surface area contributed by atoms with Crippen molar-refractivity contribution in [3.8, 4) is 5.75 Å². The van der Waals surface area contributed by atoms with Gasteiger partial charge in [-0.05, 0) is 43.9 Å². The number of nitrogens with one attached hydrogen (secondary N) is 2. The molecule has 0 aromatic carbocycles. The quantitative estimate of drug-likeness (QED) is 0.354. The molecule has 4 heterocycles. The maximum Gasteiger partial charge on any atom is 0.222 e. The van der Waals surface area contributed by atoms with Crippen molar-refractivity contribution in [2.45, 2.75) is 70.5 Å². The van der Waals surface area contributed by atoms with Gasteiger partial charge >= 0.3 is 0 Å². The van der Waals surface area contributed by atoms with Crippen molar-refractivity contribution in [2.24, 2.45) is 0 Å². The van der Waals surface area contributed by atoms with E-state index in [1.54, 1.807) is 13.3 Å². The van der Waals surface area contributed by atoms with Crippen LogP contribution in [0.25, 0.3) is 11.0 Å². The van der Waals surface area contributed by atoms with Gasteiger partial charge in [0.2, 0.25) is 5.95 Å². The Bertz CT molecular complexity index is 1070. The number of nitrogens with zero attached hydrogens (tertiary/aromatic N) is 5. The molecule has 0 spiro atoms. The zero-order valence-corrected chi connectivity index (χ0v) is 20.1. The van der Waals surface area contributed by atoms with Gasteiger partial charge in [-0.2, -0.15) is 10.1 Å². The van der Waals surface area contributed by atoms with Crippen LogP contribution in [0.1, 0.15) is 69.2 Å². The van der Waals surface area contributed by atoms with Gasteiger partial charge in [-0.15, -0.1) is 0 Å². The Hall–Kier alpha value is -2.98. The standard InChI is InChI=1S/C24H36N8O2/c1-3-7-17(9-11-33)29-23-22-19(30-24(25)31-23)14-28-32(22)15-20-21(34-2)12-16(13-27-20)18-8-5-4-6-10-26-18/h12-14,17-18,26,33H,3-11,15H2,1-2H3,(H3,25,29,30,31)/t17-,18?/m0/s1. The van der Waals surface area contributed by atoms with Crippen LogP contribution in [0.4, 0.5) is 11.8 Å². The van der Waals surface area contributed by atoms with Crippen LogP contribution in [-0.2, 0) is 6.54 Å². The number of pyridine rings is 1. The number of aliphatic hydroxyl groups is 1. The summed E-state index contributed by atoms with van der Waals surface area (Å²) in [5.74, 6) is 1.54. The van der Waals surface area contributed by atoms with Crippen LogP contribution >= 0.6 is 0 Å². The van der Waals surface area contributed by atoms with E-state index in [0.29, 0.717) is 30.3 Å². The lowest BCUT2D eigenvalue weighted by Crippen LogP contribution is -2.22. The summed E-state index contributed by atoms with van der Waals surface area (Å²) in [6, 6.07) is 2.47. The molecule has 184 valence electrons. The molecule has 34 heavy (non-hydrogen) atoms. The molecule has 10 nitrogen and oxygen atoms in total. The van der Waals surface area contributed by atoms with Gasteiger partial charge in [-0.25, -0.2) is 4.98 Å². The number of aliphatic hydroxyl groups excluding tert-OH is 1. The van der Waals surface area contributed by atoms with Crippen LogP contribution in [0.3, 0.4) is 0 Å². The minimum Gasteiger partial charge on any atom is -0.495 e. The van der Waals surface area contributed by atoms with Gasteiger partial charge in [0.15, 0.2) is 5.82 Å². The van der Waals surface area contributed by atoms with Gasteiger partial charge in [0.1, 0.15) is 22.5 Å². The van der Waals surface area contributed by atoms with Crippen LogP contribution in [0.5, 0.6) is 5.75 Å². The van der Waals surface area contributed by atoms with E-state index < -0.39 is 0 Å². The SMILES string of the molecule is CCC[C@@H](CCO)Nc1nc(N)nc2cnn(Cc3ncc(C4CCCCCN4)cc3OC)c12. The number of methoxy groups -OCH3 is 1. The highest BCUT2D eigenvalue weighted by Gasteiger charge is 2.20. The Kier molecular flexibility index (Phi) is 8.12. The summed E-state index contributed by atoms with van der Waals surface area (Å²) in [6.45, 7) is 3.66. The van der Waals surface area contributed by atoms with Crippen LogP contribution in [0.2, 0.25) is 0 Å². The third kappa shape index (κ3) is 5.56. The first-order valence-corrected chi connectivity index (χ1v) is 12.3. The van der Waals surface area contributed by atoms with E-state index in [9.17, 15) is 5.11 Å². The normalized spacial score (nSPS) is 17.4. The van der Waals surface area contributed by atoms with Gasteiger partial charge in [0, 0.05) is 24.9 Å². The van der Waals surface area contributed by atoms with Crippen LogP contribution < -0.4 is 21.1 Å². The van der Waals surface area contributed by atoms with E-state index in [0.717, 1.165) is 48.3 Å². The highest BCUT2D eigenvalue weighted by atomic mass is 16.5. The van der Waals surface area contributed by atoms with Crippen LogP contribution in [0, 0.1) is 0 Å². The van der Waals surface area contributed by atoms with E-state index in [1.165, 1.54) is 19.3 Å². The van der Waals surface area contributed by atoms with Crippen molar-refractivity contribution in [1.29, 1.82) is 0 Å². The number of hydrogen-bond acceptors (Lipinski definition) is 9. The highest BCUT2D eigenvalue weighted by molar-refractivity contribution is 5.86. The molecule has 0 saturated carbocycles. The molecular formula is C24H36N8O2. The summed E-state index contributed by atoms with van der Waals surface area (Å²) in [4.78, 5) is 13.6. The number of hydrogen-bond donors (Lipinski definition) is 4. The van der Waals surface area contributed by atoms with Gasteiger partial charge in [0.25, 0.3) is 0 Å². The molecule has 5 N–H and O–H groups in total. The van der Waals surface area contributed by atoms with Gasteiger partial charge in [-0.3, -0.25) is 9.67 Å². The number of rotatable bonds is 10. The first kappa shape index (κ1) is 24.2. The van der Waals surface area contributed by atoms with Crippen molar-refractivity contribution in [2.75, 3.05) is 31.3 Å². The minimum absolute atomic E-state index is 0.0786. The minimum atomic E-state index is 0.0786. The van der Waals surface area contributed by atoms with E-state index in [4.69, 9.17) is 15.5 Å². The fourth-order valence-corrected chi connectivity index (χ4v) is 4.65. The van der Waals surface area contributed by atoms with Crippen molar-refractivity contribution in [3.63, 3.8) is 0 Å². The van der Waals surface area contributed by atoms with Gasteiger partial charge in [-0.1, -0.05) is 26.2 Å². The van der Waals surface area contributed by atoms with Crippen molar-refractivity contribution >= 4 is 22.8 Å². The van der Waals surface area contributed by atoms with E-state index >= 15 is 0 Å². The van der Waals surface area contributed by atoms with Crippen molar-refractivity contribution in [1.82, 2.24) is 30.0 Å². The molecule has 0 bridgehead atoms. The summed E-state index contributed by atoms with van der Waals surface area (Å²) >= 11 is 0. The average molecular weight is 469 g/mol. The molecular weight excluding hydrogens is 432 g/mol. The Labute approximate surface area is 200 Å². The van der Waals surface area contributed by atoms with Gasteiger partial charge < -0.3 is 26.2 Å². The Morgan fingerprint density at radius 2 is 2.15 bits per heavy atom. The Morgan fingerprint density at radius 3 is 2.94 bits per heavy atom. The summed E-state index contributed by atoms with van der Waals surface area (Å²) < 4.78 is 7.55. The molecule has 1 aliphatic heterocycles. The first-order valence-electron chi connectivity index (χ1n) is 12.3. The molecule has 4 rings (SSSR count). The zero-order chi connectivity index (χ0) is 23.9. The third-order valence-electron chi connectivity index (χ3n) is 6.40. The number of fused-ring (bicyclic) bond motifs is 1. The number of nitrogen functional groups attached to an aromatic ring is 1. The fourth-order valence-electron chi connectivity index (χ4n) is 4.65. The predicted octanol–water partition coefficient (Wildman–Crippen LogP) is 3.03. The number of ether oxygens (including phenoxy) is 1. The fraction of sp³-hybridized carbons (Fsp3) is 0.583. The number of aromatic nitrogens is 5. The molecule has 1 fully saturated rings. The lowest BCUT2D eigenvalue weighted by atomic mass is 10.0. The largest absolute Gasteiger partial charge is 0.495 e. The zero-order valence-electron chi connectivity index (χ0n) is 20.1. The molecule has 1 saturated heterocycles. The Balaban J connectivity index is 1.64. The van der Waals surface area contributed by atoms with Crippen molar-refractivity contribution in [3.05, 3.63) is 29.7 Å². The van der Waals surface area contributed by atoms with Crippen LogP contribution in [0.15, 0.2) is 18.5 Å². The molecule has 2 atom stereocenters. The molecule has 3 aromatic rings. The maximum absolute atomic E-state index is 9.47. The summed E-state index contributed by atoms with van der Waals surface area (Å²) in [5.41, 5.74) is 9.32. The summed E-state index contributed by atoms with van der Waals surface area (Å²) in [6.07, 6.45) is 11.0. The lowest BCUT2D eigenvalue weighted by Gasteiger charge is -2.19. The number of anilines is 2. The third-order valence-corrected chi connectivity index (χ3v) is 6.40. The highest BCUT2D eigenvalue weighted by Crippen LogP contribution is 2.29. The molecule has 3 aromatic heterocycles. The molecule has 0 radical (unpaired) electrons. The Morgan fingerprint density at radius 1 is 1.26 bits per heavy atom. The maximum atomic E-state index is 9.47. The second-order valence-corrected chi connectivity index (χ2v) is 8.88. The number of nitrogens with two attached hydrogens (primary N) is 1. The van der Waals surface area contributed by atoms with E-state index in [1.807, 2.05) is 10.9 Å². The van der Waals surface area contributed by atoms with Crippen LogP contribution in [-0.4, -0.2) is 56.1 Å². The average Bonchev–Trinajstić information content (AvgIpc) is 3.04. The molecule has 10 heteroatoms. The summed E-state index contributed by atoms with van der Waals surface area (Å²) in [5, 5.41) is 21.1. The second kappa shape index (κ2) is 11.4. The monoisotopic (exact) mass is 468 g/mol. The topological polar surface area (TPSA) is 136 Å². The predicted molar refractivity (Wildman–Crippen MR) is 133 cm³/mol. The van der Waals surface area contributed by atoms with E-state index in [2.05, 4.69) is 38.7 Å². The molecule has 0 amide bonds. The molecule has 0 aliphatic carbocycles. The van der Waals surface area contributed by atoms with Crippen molar-refractivity contribution < 1.29 is 9.84 Å². The second-order valence-electron chi connectivity index (χ2n) is 8.88.